The minimum Gasteiger partial charge on any atom is -0.367 e. The molecule has 7 nitrogen and oxygen atoms in total. The molecule has 0 atom stereocenters. The number of hydrogen-bond donors (Lipinski definition) is 2. The predicted molar refractivity (Wildman–Crippen MR) is 144 cm³/mol. The zero-order chi connectivity index (χ0) is 25.8. The van der Waals surface area contributed by atoms with Gasteiger partial charge in [-0.15, -0.1) is 0 Å². The van der Waals surface area contributed by atoms with E-state index in [0.717, 1.165) is 43.0 Å². The normalized spacial score (nSPS) is 14.5. The molecule has 0 spiro atoms. The molecule has 0 aromatic heterocycles. The van der Waals surface area contributed by atoms with Crippen molar-refractivity contribution in [3.05, 3.63) is 53.1 Å². The Bertz CT molecular complexity index is 1130. The Morgan fingerprint density at radius 2 is 1.60 bits per heavy atom. The van der Waals surface area contributed by atoms with Gasteiger partial charge in [-0.25, -0.2) is 8.42 Å². The van der Waals surface area contributed by atoms with E-state index in [1.165, 1.54) is 0 Å². The molecule has 1 heterocycles. The van der Waals surface area contributed by atoms with Crippen LogP contribution in [0, 0.1) is 25.7 Å². The van der Waals surface area contributed by atoms with Crippen LogP contribution in [0.4, 0.5) is 11.4 Å². The summed E-state index contributed by atoms with van der Waals surface area (Å²) in [5.74, 6) is 0.590. The third kappa shape index (κ3) is 6.98. The summed E-state index contributed by atoms with van der Waals surface area (Å²) >= 11 is 0. The Balaban J connectivity index is 2.01. The maximum absolute atomic E-state index is 13.5. The standard InChI is InChI=1S/C27H40N4O3S/c1-19(2)17-31(18-20(3)4)27(32)23-8-10-26(30-13-11-28-12-14-30)25(16-23)29-35(33,34)24-9-7-21(5)22(6)15-24/h7-10,15-16,19-20,28-29H,11-14,17-18H2,1-6H3. The molecule has 192 valence electrons. The van der Waals surface area contributed by atoms with E-state index in [2.05, 4.69) is 42.6 Å². The quantitative estimate of drug-likeness (QED) is 0.537. The van der Waals surface area contributed by atoms with Crippen molar-refractivity contribution in [3.63, 3.8) is 0 Å². The summed E-state index contributed by atoms with van der Waals surface area (Å²) in [5.41, 5.74) is 3.66. The van der Waals surface area contributed by atoms with Gasteiger partial charge in [0.25, 0.3) is 15.9 Å². The molecule has 0 bridgehead atoms. The van der Waals surface area contributed by atoms with Crippen LogP contribution in [0.25, 0.3) is 0 Å². The average Bonchev–Trinajstić information content (AvgIpc) is 2.79. The van der Waals surface area contributed by atoms with Crippen LogP contribution in [0.3, 0.4) is 0 Å². The lowest BCUT2D eigenvalue weighted by molar-refractivity contribution is 0.0715. The van der Waals surface area contributed by atoms with Crippen molar-refractivity contribution >= 4 is 27.3 Å². The van der Waals surface area contributed by atoms with Crippen molar-refractivity contribution in [2.75, 3.05) is 48.9 Å². The van der Waals surface area contributed by atoms with Crippen LogP contribution in [0.5, 0.6) is 0 Å². The van der Waals surface area contributed by atoms with Gasteiger partial charge in [-0.1, -0.05) is 33.8 Å². The topological polar surface area (TPSA) is 81.8 Å². The number of sulfonamides is 1. The Labute approximate surface area is 210 Å². The van der Waals surface area contributed by atoms with Crippen LogP contribution in [0.1, 0.15) is 49.2 Å². The fourth-order valence-electron chi connectivity index (χ4n) is 4.32. The first-order valence-corrected chi connectivity index (χ1v) is 14.0. The molecule has 35 heavy (non-hydrogen) atoms. The van der Waals surface area contributed by atoms with E-state index in [1.807, 2.05) is 36.9 Å². The Kier molecular flexibility index (Phi) is 8.83. The second-order valence-electron chi connectivity index (χ2n) is 10.3. The molecule has 3 rings (SSSR count). The zero-order valence-electron chi connectivity index (χ0n) is 21.9. The number of anilines is 2. The number of nitrogens with zero attached hydrogens (tertiary/aromatic N) is 2. The average molecular weight is 501 g/mol. The van der Waals surface area contributed by atoms with Gasteiger partial charge in [-0.05, 0) is 67.1 Å². The van der Waals surface area contributed by atoms with Crippen LogP contribution in [0.15, 0.2) is 41.3 Å². The second kappa shape index (κ2) is 11.4. The van der Waals surface area contributed by atoms with Crippen molar-refractivity contribution in [1.29, 1.82) is 0 Å². The molecule has 1 aliphatic heterocycles. The van der Waals surface area contributed by atoms with Crippen LogP contribution >= 0.6 is 0 Å². The van der Waals surface area contributed by atoms with E-state index in [4.69, 9.17) is 0 Å². The number of aryl methyl sites for hydroxylation is 2. The van der Waals surface area contributed by atoms with Crippen molar-refractivity contribution in [2.24, 2.45) is 11.8 Å². The van der Waals surface area contributed by atoms with Gasteiger partial charge >= 0.3 is 0 Å². The summed E-state index contributed by atoms with van der Waals surface area (Å²) in [5, 5.41) is 3.33. The monoisotopic (exact) mass is 500 g/mol. The highest BCUT2D eigenvalue weighted by Gasteiger charge is 2.24. The Morgan fingerprint density at radius 1 is 0.971 bits per heavy atom. The van der Waals surface area contributed by atoms with Gasteiger partial charge in [-0.2, -0.15) is 0 Å². The minimum absolute atomic E-state index is 0.0779. The third-order valence-electron chi connectivity index (χ3n) is 6.19. The number of hydrogen-bond acceptors (Lipinski definition) is 5. The predicted octanol–water partition coefficient (Wildman–Crippen LogP) is 4.27. The third-order valence-corrected chi connectivity index (χ3v) is 7.56. The molecule has 1 fully saturated rings. The van der Waals surface area contributed by atoms with E-state index in [1.54, 1.807) is 18.2 Å². The summed E-state index contributed by atoms with van der Waals surface area (Å²) in [6.07, 6.45) is 0. The smallest absolute Gasteiger partial charge is 0.261 e. The molecular weight excluding hydrogens is 460 g/mol. The fourth-order valence-corrected chi connectivity index (χ4v) is 5.47. The fraction of sp³-hybridized carbons (Fsp3) is 0.519. The molecule has 8 heteroatoms. The maximum Gasteiger partial charge on any atom is 0.261 e. The molecule has 1 saturated heterocycles. The van der Waals surface area contributed by atoms with Gasteiger partial charge < -0.3 is 15.1 Å². The molecule has 0 radical (unpaired) electrons. The van der Waals surface area contributed by atoms with Gasteiger partial charge in [0.1, 0.15) is 0 Å². The largest absolute Gasteiger partial charge is 0.367 e. The summed E-state index contributed by atoms with van der Waals surface area (Å²) in [7, 11) is -3.83. The molecule has 2 N–H and O–H groups in total. The second-order valence-corrected chi connectivity index (χ2v) is 12.0. The van der Waals surface area contributed by atoms with E-state index in [0.29, 0.717) is 36.2 Å². The van der Waals surface area contributed by atoms with E-state index >= 15 is 0 Å². The number of piperazine rings is 1. The van der Waals surface area contributed by atoms with Crippen molar-refractivity contribution < 1.29 is 13.2 Å². The molecule has 0 unspecified atom stereocenters. The minimum atomic E-state index is -3.83. The molecule has 1 amide bonds. The molecule has 1 aliphatic rings. The van der Waals surface area contributed by atoms with E-state index < -0.39 is 10.0 Å². The Hall–Kier alpha value is -2.58. The van der Waals surface area contributed by atoms with Crippen LogP contribution in [-0.2, 0) is 10.0 Å². The maximum atomic E-state index is 13.5. The summed E-state index contributed by atoms with van der Waals surface area (Å²) in [6.45, 7) is 16.7. The number of carbonyl (C=O) groups is 1. The van der Waals surface area contributed by atoms with Crippen LogP contribution in [0.2, 0.25) is 0 Å². The lowest BCUT2D eigenvalue weighted by atomic mass is 10.1. The van der Waals surface area contributed by atoms with Gasteiger partial charge in [0.2, 0.25) is 0 Å². The van der Waals surface area contributed by atoms with Crippen molar-refractivity contribution in [2.45, 2.75) is 46.4 Å². The first kappa shape index (κ1) is 27.0. The number of nitrogens with one attached hydrogen (secondary N) is 2. The summed E-state index contributed by atoms with van der Waals surface area (Å²) < 4.78 is 29.5. The zero-order valence-corrected chi connectivity index (χ0v) is 22.7. The highest BCUT2D eigenvalue weighted by molar-refractivity contribution is 7.92. The lowest BCUT2D eigenvalue weighted by Crippen LogP contribution is -2.44. The van der Waals surface area contributed by atoms with Gasteiger partial charge in [-0.3, -0.25) is 9.52 Å². The molecular formula is C27H40N4O3S. The first-order valence-electron chi connectivity index (χ1n) is 12.5. The number of rotatable bonds is 9. The van der Waals surface area contributed by atoms with Crippen LogP contribution < -0.4 is 14.9 Å². The van der Waals surface area contributed by atoms with Gasteiger partial charge in [0.15, 0.2) is 0 Å². The number of benzene rings is 2. The summed E-state index contributed by atoms with van der Waals surface area (Å²) in [6, 6.07) is 10.5. The van der Waals surface area contributed by atoms with E-state index in [-0.39, 0.29) is 10.8 Å². The van der Waals surface area contributed by atoms with Crippen molar-refractivity contribution in [3.8, 4) is 0 Å². The molecule has 2 aromatic carbocycles. The van der Waals surface area contributed by atoms with E-state index in [9.17, 15) is 13.2 Å². The molecule has 0 saturated carbocycles. The number of carbonyl (C=O) groups excluding carboxylic acids is 1. The van der Waals surface area contributed by atoms with Gasteiger partial charge in [0, 0.05) is 44.8 Å². The highest BCUT2D eigenvalue weighted by atomic mass is 32.2. The highest BCUT2D eigenvalue weighted by Crippen LogP contribution is 2.31. The Morgan fingerprint density at radius 3 is 2.17 bits per heavy atom. The molecule has 2 aromatic rings. The summed E-state index contributed by atoms with van der Waals surface area (Å²) in [4.78, 5) is 17.7. The van der Waals surface area contributed by atoms with Crippen molar-refractivity contribution in [1.82, 2.24) is 10.2 Å². The first-order chi connectivity index (χ1) is 16.5. The number of amides is 1. The SMILES string of the molecule is Cc1ccc(S(=O)(=O)Nc2cc(C(=O)N(CC(C)C)CC(C)C)ccc2N2CCNCC2)cc1C. The lowest BCUT2D eigenvalue weighted by Gasteiger charge is -2.32. The van der Waals surface area contributed by atoms with Gasteiger partial charge in [0.05, 0.1) is 16.3 Å². The van der Waals surface area contributed by atoms with Crippen LogP contribution in [-0.4, -0.2) is 58.5 Å². The molecule has 0 aliphatic carbocycles.